The van der Waals surface area contributed by atoms with Gasteiger partial charge in [-0.05, 0) is 48.2 Å². The summed E-state index contributed by atoms with van der Waals surface area (Å²) in [4.78, 5) is 0. The predicted molar refractivity (Wildman–Crippen MR) is 117 cm³/mol. The van der Waals surface area contributed by atoms with Gasteiger partial charge in [-0.15, -0.1) is 12.4 Å². The zero-order valence-electron chi connectivity index (χ0n) is 16.0. The predicted octanol–water partition coefficient (Wildman–Crippen LogP) is 4.60. The first-order valence-electron chi connectivity index (χ1n) is 8.95. The van der Waals surface area contributed by atoms with E-state index in [0.717, 1.165) is 16.1 Å². The molecular formula is C21H24BrClF3NO3. The van der Waals surface area contributed by atoms with Gasteiger partial charge in [0.05, 0.1) is 30.9 Å². The van der Waals surface area contributed by atoms with Gasteiger partial charge in [-0.25, -0.2) is 0 Å². The molecule has 0 spiro atoms. The Kier molecular flexibility index (Phi) is 10.3. The zero-order valence-corrected chi connectivity index (χ0v) is 18.4. The summed E-state index contributed by atoms with van der Waals surface area (Å²) in [6.07, 6.45) is -0.725. The third kappa shape index (κ3) is 7.92. The van der Waals surface area contributed by atoms with E-state index in [9.17, 15) is 23.4 Å². The lowest BCUT2D eigenvalue weighted by Gasteiger charge is -2.20. The molecule has 0 aromatic heterocycles. The number of aliphatic hydroxyl groups excluding tert-OH is 2. The Labute approximate surface area is 188 Å². The van der Waals surface area contributed by atoms with Gasteiger partial charge in [0.2, 0.25) is 0 Å². The molecule has 9 heteroatoms. The molecular weight excluding hydrogens is 487 g/mol. The van der Waals surface area contributed by atoms with Crippen molar-refractivity contribution in [3.05, 3.63) is 69.7 Å². The first-order valence-corrected chi connectivity index (χ1v) is 9.74. The van der Waals surface area contributed by atoms with Crippen LogP contribution in [0.3, 0.4) is 0 Å². The number of nitrogens with two attached hydrogens (primary N) is 1. The van der Waals surface area contributed by atoms with Crippen molar-refractivity contribution >= 4 is 34.4 Å². The molecule has 2 aromatic carbocycles. The number of hydrogen-bond acceptors (Lipinski definition) is 4. The lowest BCUT2D eigenvalue weighted by atomic mass is 10.0. The first-order chi connectivity index (χ1) is 13.7. The van der Waals surface area contributed by atoms with Crippen LogP contribution in [0.1, 0.15) is 23.1 Å². The lowest BCUT2D eigenvalue weighted by molar-refractivity contribution is -0.139. The molecule has 166 valence electrons. The third-order valence-electron chi connectivity index (χ3n) is 4.26. The Morgan fingerprint density at radius 1 is 1.07 bits per heavy atom. The molecule has 0 aliphatic rings. The zero-order chi connectivity index (χ0) is 21.5. The van der Waals surface area contributed by atoms with Crippen LogP contribution in [0.25, 0.3) is 6.08 Å². The monoisotopic (exact) mass is 509 g/mol. The molecule has 4 N–H and O–H groups in total. The van der Waals surface area contributed by atoms with E-state index in [4.69, 9.17) is 10.5 Å². The topological polar surface area (TPSA) is 75.7 Å². The number of rotatable bonds is 9. The second-order valence-corrected chi connectivity index (χ2v) is 7.63. The molecule has 0 bridgehead atoms. The summed E-state index contributed by atoms with van der Waals surface area (Å²) in [6, 6.07) is 11.4. The van der Waals surface area contributed by atoms with Crippen molar-refractivity contribution in [1.29, 1.82) is 0 Å². The van der Waals surface area contributed by atoms with Gasteiger partial charge in [0, 0.05) is 4.47 Å². The van der Waals surface area contributed by atoms with Crippen LogP contribution in [0.4, 0.5) is 13.2 Å². The molecule has 0 amide bonds. The summed E-state index contributed by atoms with van der Waals surface area (Å²) < 4.78 is 46.7. The average Bonchev–Trinajstić information content (AvgIpc) is 2.69. The Bertz CT molecular complexity index is 842. The fraction of sp³-hybridized carbons (Fsp3) is 0.333. The molecule has 0 unspecified atom stereocenters. The van der Waals surface area contributed by atoms with Gasteiger partial charge in [0.25, 0.3) is 0 Å². The summed E-state index contributed by atoms with van der Waals surface area (Å²) in [5.74, 6) is -0.243. The number of halogens is 5. The number of aliphatic hydroxyl groups is 2. The molecule has 2 rings (SSSR count). The molecule has 0 heterocycles. The van der Waals surface area contributed by atoms with Crippen molar-refractivity contribution in [3.8, 4) is 5.75 Å². The average molecular weight is 511 g/mol. The molecule has 0 atom stereocenters. The van der Waals surface area contributed by atoms with Gasteiger partial charge < -0.3 is 20.7 Å². The lowest BCUT2D eigenvalue weighted by Crippen LogP contribution is -2.45. The summed E-state index contributed by atoms with van der Waals surface area (Å²) in [5.41, 5.74) is 4.71. The highest BCUT2D eigenvalue weighted by Crippen LogP contribution is 2.37. The van der Waals surface area contributed by atoms with E-state index in [1.807, 2.05) is 24.3 Å². The standard InChI is InChI=1S/C21H23BrF3NO3.ClH/c22-17-5-1-3-15(11-17)4-2-10-29-19-7-6-16(12-18(19)21(23,24)25)8-9-20(26,13-27)14-28;/h1,3,5-9,11-12,27-28H,2,4,10,13-14,26H2;1H. The van der Waals surface area contributed by atoms with E-state index >= 15 is 0 Å². The maximum Gasteiger partial charge on any atom is 0.419 e. The van der Waals surface area contributed by atoms with E-state index in [0.29, 0.717) is 12.8 Å². The minimum absolute atomic E-state index is 0. The molecule has 0 radical (unpaired) electrons. The van der Waals surface area contributed by atoms with Gasteiger partial charge >= 0.3 is 6.18 Å². The highest BCUT2D eigenvalue weighted by atomic mass is 79.9. The molecule has 2 aromatic rings. The van der Waals surface area contributed by atoms with Crippen molar-refractivity contribution in [1.82, 2.24) is 0 Å². The van der Waals surface area contributed by atoms with Gasteiger partial charge in [-0.2, -0.15) is 13.2 Å². The van der Waals surface area contributed by atoms with Gasteiger partial charge in [-0.3, -0.25) is 0 Å². The highest BCUT2D eigenvalue weighted by molar-refractivity contribution is 9.10. The quantitative estimate of drug-likeness (QED) is 0.431. The maximum atomic E-state index is 13.4. The van der Waals surface area contributed by atoms with E-state index in [2.05, 4.69) is 15.9 Å². The Hall–Kier alpha value is -1.58. The smallest absolute Gasteiger partial charge is 0.419 e. The van der Waals surface area contributed by atoms with Crippen molar-refractivity contribution in [2.75, 3.05) is 19.8 Å². The third-order valence-corrected chi connectivity index (χ3v) is 4.76. The van der Waals surface area contributed by atoms with Crippen molar-refractivity contribution in [2.24, 2.45) is 5.73 Å². The van der Waals surface area contributed by atoms with E-state index < -0.39 is 30.5 Å². The van der Waals surface area contributed by atoms with Crippen LogP contribution in [-0.4, -0.2) is 35.6 Å². The summed E-state index contributed by atoms with van der Waals surface area (Å²) in [6.45, 7) is -0.928. The largest absolute Gasteiger partial charge is 0.493 e. The number of benzene rings is 2. The summed E-state index contributed by atoms with van der Waals surface area (Å²) in [7, 11) is 0. The maximum absolute atomic E-state index is 13.4. The van der Waals surface area contributed by atoms with Gasteiger partial charge in [0.15, 0.2) is 0 Å². The SMILES string of the molecule is Cl.NC(C=Cc1ccc(OCCCc2cccc(Br)c2)c(C(F)(F)F)c1)(CO)CO. The van der Waals surface area contributed by atoms with Crippen molar-refractivity contribution in [3.63, 3.8) is 0 Å². The second kappa shape index (κ2) is 11.7. The normalized spacial score (nSPS) is 12.1. The van der Waals surface area contributed by atoms with Crippen LogP contribution in [0.5, 0.6) is 5.75 Å². The van der Waals surface area contributed by atoms with E-state index in [1.165, 1.54) is 24.3 Å². The first kappa shape index (κ1) is 26.5. The minimum Gasteiger partial charge on any atom is -0.493 e. The van der Waals surface area contributed by atoms with E-state index in [-0.39, 0.29) is 30.3 Å². The molecule has 0 aliphatic heterocycles. The molecule has 0 aliphatic carbocycles. The summed E-state index contributed by atoms with van der Waals surface area (Å²) in [5, 5.41) is 18.3. The van der Waals surface area contributed by atoms with Crippen molar-refractivity contribution in [2.45, 2.75) is 24.6 Å². The second-order valence-electron chi connectivity index (χ2n) is 6.72. The molecule has 0 fully saturated rings. The fourth-order valence-electron chi connectivity index (χ4n) is 2.57. The number of hydrogen-bond donors (Lipinski definition) is 3. The summed E-state index contributed by atoms with van der Waals surface area (Å²) >= 11 is 3.38. The fourth-order valence-corrected chi connectivity index (χ4v) is 3.01. The van der Waals surface area contributed by atoms with Crippen LogP contribution < -0.4 is 10.5 Å². The van der Waals surface area contributed by atoms with Crippen LogP contribution in [0.2, 0.25) is 0 Å². The number of ether oxygens (including phenoxy) is 1. The minimum atomic E-state index is -4.59. The van der Waals surface area contributed by atoms with E-state index in [1.54, 1.807) is 0 Å². The number of aryl methyl sites for hydroxylation is 1. The Balaban J connectivity index is 0.00000450. The highest BCUT2D eigenvalue weighted by Gasteiger charge is 2.34. The van der Waals surface area contributed by atoms with Gasteiger partial charge in [-0.1, -0.05) is 46.3 Å². The van der Waals surface area contributed by atoms with Crippen LogP contribution in [0.15, 0.2) is 53.0 Å². The number of alkyl halides is 3. The van der Waals surface area contributed by atoms with Crippen LogP contribution >= 0.6 is 28.3 Å². The molecule has 4 nitrogen and oxygen atoms in total. The molecule has 0 saturated carbocycles. The van der Waals surface area contributed by atoms with Crippen molar-refractivity contribution < 1.29 is 28.1 Å². The van der Waals surface area contributed by atoms with Crippen LogP contribution in [0, 0.1) is 0 Å². The molecule has 30 heavy (non-hydrogen) atoms. The van der Waals surface area contributed by atoms with Gasteiger partial charge in [0.1, 0.15) is 5.75 Å². The molecule has 0 saturated heterocycles. The Morgan fingerprint density at radius 2 is 1.77 bits per heavy atom. The Morgan fingerprint density at radius 3 is 2.37 bits per heavy atom. The van der Waals surface area contributed by atoms with Crippen LogP contribution in [-0.2, 0) is 12.6 Å².